The smallest absolute Gasteiger partial charge is 0.359 e. The Morgan fingerprint density at radius 3 is 2.38 bits per heavy atom. The van der Waals surface area contributed by atoms with Gasteiger partial charge in [-0.15, -0.1) is 0 Å². The van der Waals surface area contributed by atoms with E-state index in [9.17, 15) is 4.79 Å². The van der Waals surface area contributed by atoms with Crippen molar-refractivity contribution < 1.29 is 9.53 Å². The number of esters is 1. The van der Waals surface area contributed by atoms with Crippen molar-refractivity contribution in [3.05, 3.63) is 23.2 Å². The fraction of sp³-hybridized carbons (Fsp3) is 0.688. The minimum atomic E-state index is -0.427. The molecular formula is C16H25ClN2O2. The number of nitrogens with zero attached hydrogens (tertiary/aromatic N) is 2. The molecule has 21 heavy (non-hydrogen) atoms. The number of unbranched alkanes of at least 4 members (excludes halogenated alkanes) is 3. The Hall–Kier alpha value is -1.16. The Bertz CT molecular complexity index is 436. The highest BCUT2D eigenvalue weighted by Crippen LogP contribution is 2.27. The van der Waals surface area contributed by atoms with Gasteiger partial charge >= 0.3 is 5.97 Å². The lowest BCUT2D eigenvalue weighted by atomic mass is 9.92. The van der Waals surface area contributed by atoms with Gasteiger partial charge in [-0.3, -0.25) is 0 Å². The molecule has 1 heterocycles. The third kappa shape index (κ3) is 6.42. The molecule has 1 atom stereocenters. The first-order valence-electron chi connectivity index (χ1n) is 7.71. The first-order chi connectivity index (χ1) is 10.0. The minimum Gasteiger partial charge on any atom is -0.455 e. The molecule has 0 radical (unpaired) electrons. The van der Waals surface area contributed by atoms with Gasteiger partial charge in [-0.1, -0.05) is 44.7 Å². The van der Waals surface area contributed by atoms with E-state index in [1.165, 1.54) is 12.4 Å². The van der Waals surface area contributed by atoms with Crippen LogP contribution in [0.3, 0.4) is 0 Å². The summed E-state index contributed by atoms with van der Waals surface area (Å²) in [6.07, 6.45) is 9.98. The summed E-state index contributed by atoms with van der Waals surface area (Å²) in [5.41, 5.74) is -0.221. The Kier molecular flexibility index (Phi) is 7.65. The summed E-state index contributed by atoms with van der Waals surface area (Å²) in [5, 5.41) is 0.267. The maximum atomic E-state index is 12.2. The third-order valence-corrected chi connectivity index (χ3v) is 3.73. The van der Waals surface area contributed by atoms with E-state index in [1.807, 2.05) is 6.92 Å². The standard InChI is InChI=1S/C16H25ClN2O2/c1-4-6-8-10-16(3,9-7-5-2)21-15(20)13-11-19-14(17)12-18-13/h11-12H,4-10H2,1-3H3/t16-/m1/s1. The molecule has 0 aliphatic heterocycles. The molecule has 0 amide bonds. The molecule has 1 aromatic rings. The molecule has 1 rings (SSSR count). The van der Waals surface area contributed by atoms with Crippen LogP contribution >= 0.6 is 11.6 Å². The van der Waals surface area contributed by atoms with E-state index in [-0.39, 0.29) is 10.8 Å². The number of ether oxygens (including phenoxy) is 1. The summed E-state index contributed by atoms with van der Waals surface area (Å²) < 4.78 is 5.73. The molecule has 0 unspecified atom stereocenters. The molecule has 0 bridgehead atoms. The van der Waals surface area contributed by atoms with Crippen LogP contribution in [0.1, 0.15) is 76.2 Å². The van der Waals surface area contributed by atoms with Crippen molar-refractivity contribution in [2.45, 2.75) is 71.3 Å². The van der Waals surface area contributed by atoms with E-state index < -0.39 is 11.6 Å². The topological polar surface area (TPSA) is 52.1 Å². The van der Waals surface area contributed by atoms with Crippen molar-refractivity contribution in [3.8, 4) is 0 Å². The summed E-state index contributed by atoms with van der Waals surface area (Å²) in [4.78, 5) is 20.0. The van der Waals surface area contributed by atoms with Crippen LogP contribution in [0.4, 0.5) is 0 Å². The number of aromatic nitrogens is 2. The molecule has 0 aliphatic rings. The fourth-order valence-electron chi connectivity index (χ4n) is 2.22. The SMILES string of the molecule is CCCCC[C@@](C)(CCCC)OC(=O)c1cnc(Cl)cn1. The second-order valence-electron chi connectivity index (χ2n) is 5.62. The van der Waals surface area contributed by atoms with E-state index >= 15 is 0 Å². The first kappa shape index (κ1) is 17.9. The highest BCUT2D eigenvalue weighted by Gasteiger charge is 2.28. The van der Waals surface area contributed by atoms with Gasteiger partial charge in [-0.2, -0.15) is 0 Å². The summed E-state index contributed by atoms with van der Waals surface area (Å²) in [5.74, 6) is -0.422. The summed E-state index contributed by atoms with van der Waals surface area (Å²) in [7, 11) is 0. The maximum Gasteiger partial charge on any atom is 0.359 e. The van der Waals surface area contributed by atoms with Gasteiger partial charge in [0.05, 0.1) is 12.4 Å². The monoisotopic (exact) mass is 312 g/mol. The van der Waals surface area contributed by atoms with Crippen LogP contribution in [-0.4, -0.2) is 21.5 Å². The zero-order chi connectivity index (χ0) is 15.7. The van der Waals surface area contributed by atoms with Crippen LogP contribution in [0.15, 0.2) is 12.4 Å². The molecule has 1 aromatic heterocycles. The van der Waals surface area contributed by atoms with Gasteiger partial charge in [-0.05, 0) is 32.6 Å². The molecule has 5 heteroatoms. The summed E-state index contributed by atoms with van der Waals surface area (Å²) in [6.45, 7) is 6.32. The Labute approximate surface area is 132 Å². The largest absolute Gasteiger partial charge is 0.455 e. The number of hydrogen-bond donors (Lipinski definition) is 0. The molecular weight excluding hydrogens is 288 g/mol. The Balaban J connectivity index is 2.69. The van der Waals surface area contributed by atoms with Crippen LogP contribution in [-0.2, 0) is 4.74 Å². The Morgan fingerprint density at radius 2 is 1.81 bits per heavy atom. The van der Waals surface area contributed by atoms with Crippen LogP contribution in [0.25, 0.3) is 0 Å². The number of halogens is 1. The number of hydrogen-bond acceptors (Lipinski definition) is 4. The summed E-state index contributed by atoms with van der Waals surface area (Å²) in [6, 6.07) is 0. The van der Waals surface area contributed by atoms with Crippen molar-refractivity contribution in [1.29, 1.82) is 0 Å². The van der Waals surface area contributed by atoms with Crippen molar-refractivity contribution in [3.63, 3.8) is 0 Å². The summed E-state index contributed by atoms with van der Waals surface area (Å²) >= 11 is 5.68. The first-order valence-corrected chi connectivity index (χ1v) is 8.09. The zero-order valence-corrected chi connectivity index (χ0v) is 13.9. The predicted octanol–water partition coefficient (Wildman–Crippen LogP) is 4.82. The lowest BCUT2D eigenvalue weighted by Crippen LogP contribution is -2.32. The second kappa shape index (κ2) is 8.98. The van der Waals surface area contributed by atoms with Crippen LogP contribution in [0.5, 0.6) is 0 Å². The van der Waals surface area contributed by atoms with Gasteiger partial charge in [0.2, 0.25) is 0 Å². The molecule has 0 aromatic carbocycles. The van der Waals surface area contributed by atoms with Gasteiger partial charge in [0.25, 0.3) is 0 Å². The lowest BCUT2D eigenvalue weighted by Gasteiger charge is -2.29. The number of carbonyl (C=O) groups is 1. The molecule has 4 nitrogen and oxygen atoms in total. The van der Waals surface area contributed by atoms with Crippen molar-refractivity contribution in [2.24, 2.45) is 0 Å². The highest BCUT2D eigenvalue weighted by molar-refractivity contribution is 6.29. The van der Waals surface area contributed by atoms with Crippen LogP contribution < -0.4 is 0 Å². The second-order valence-corrected chi connectivity index (χ2v) is 6.01. The molecule has 0 fully saturated rings. The van der Waals surface area contributed by atoms with E-state index in [2.05, 4.69) is 23.8 Å². The predicted molar refractivity (Wildman–Crippen MR) is 84.5 cm³/mol. The van der Waals surface area contributed by atoms with Crippen LogP contribution in [0.2, 0.25) is 5.15 Å². The zero-order valence-electron chi connectivity index (χ0n) is 13.2. The van der Waals surface area contributed by atoms with Gasteiger partial charge in [0, 0.05) is 0 Å². The van der Waals surface area contributed by atoms with Gasteiger partial charge in [0.1, 0.15) is 10.8 Å². The van der Waals surface area contributed by atoms with E-state index in [1.54, 1.807) is 0 Å². The molecule has 118 valence electrons. The number of rotatable bonds is 9. The van der Waals surface area contributed by atoms with Crippen molar-refractivity contribution in [2.75, 3.05) is 0 Å². The molecule has 0 N–H and O–H groups in total. The molecule has 0 saturated heterocycles. The average Bonchev–Trinajstić information content (AvgIpc) is 2.46. The van der Waals surface area contributed by atoms with Crippen molar-refractivity contribution >= 4 is 17.6 Å². The quantitative estimate of drug-likeness (QED) is 0.484. The normalized spacial score (nSPS) is 13.7. The Morgan fingerprint density at radius 1 is 1.14 bits per heavy atom. The maximum absolute atomic E-state index is 12.2. The van der Waals surface area contributed by atoms with Crippen LogP contribution in [0, 0.1) is 0 Å². The van der Waals surface area contributed by atoms with E-state index in [0.29, 0.717) is 0 Å². The third-order valence-electron chi connectivity index (χ3n) is 3.54. The number of carbonyl (C=O) groups excluding carboxylic acids is 1. The lowest BCUT2D eigenvalue weighted by molar-refractivity contribution is -0.0203. The van der Waals surface area contributed by atoms with Gasteiger partial charge < -0.3 is 4.74 Å². The van der Waals surface area contributed by atoms with Gasteiger partial charge in [-0.25, -0.2) is 14.8 Å². The molecule has 0 spiro atoms. The van der Waals surface area contributed by atoms with E-state index in [0.717, 1.165) is 44.9 Å². The van der Waals surface area contributed by atoms with E-state index in [4.69, 9.17) is 16.3 Å². The molecule has 0 saturated carbocycles. The fourth-order valence-corrected chi connectivity index (χ4v) is 2.32. The average molecular weight is 313 g/mol. The van der Waals surface area contributed by atoms with Gasteiger partial charge in [0.15, 0.2) is 5.69 Å². The highest BCUT2D eigenvalue weighted by atomic mass is 35.5. The minimum absolute atomic E-state index is 0.206. The molecule has 0 aliphatic carbocycles. The van der Waals surface area contributed by atoms with Crippen molar-refractivity contribution in [1.82, 2.24) is 9.97 Å².